The monoisotopic (exact) mass is 260 g/mol. The molecule has 3 N–H and O–H groups in total. The molecule has 0 radical (unpaired) electrons. The SMILES string of the molecule is CCC1CCCN(c2nccc(C)c2C(=N)N)CC1. The zero-order valence-corrected chi connectivity index (χ0v) is 11.9. The number of nitrogens with zero attached hydrogens (tertiary/aromatic N) is 2. The Morgan fingerprint density at radius 1 is 1.47 bits per heavy atom. The Morgan fingerprint density at radius 2 is 2.26 bits per heavy atom. The molecule has 1 aromatic heterocycles. The van der Waals surface area contributed by atoms with Gasteiger partial charge in [-0.1, -0.05) is 13.3 Å². The number of nitrogen functional groups attached to an aromatic ring is 1. The Bertz CT molecular complexity index is 455. The van der Waals surface area contributed by atoms with Crippen LogP contribution in [0.2, 0.25) is 0 Å². The van der Waals surface area contributed by atoms with Crippen molar-refractivity contribution in [2.75, 3.05) is 18.0 Å². The van der Waals surface area contributed by atoms with Crippen molar-refractivity contribution in [1.29, 1.82) is 5.41 Å². The molecule has 0 aliphatic carbocycles. The number of anilines is 1. The Balaban J connectivity index is 2.26. The first-order valence-electron chi connectivity index (χ1n) is 7.18. The number of hydrogen-bond donors (Lipinski definition) is 2. The normalized spacial score (nSPS) is 20.1. The molecule has 4 heteroatoms. The molecule has 104 valence electrons. The first-order chi connectivity index (χ1) is 9.13. The summed E-state index contributed by atoms with van der Waals surface area (Å²) in [7, 11) is 0. The fraction of sp³-hybridized carbons (Fsp3) is 0.600. The van der Waals surface area contributed by atoms with Crippen molar-refractivity contribution in [2.24, 2.45) is 11.7 Å². The van der Waals surface area contributed by atoms with E-state index in [9.17, 15) is 0 Å². The highest BCUT2D eigenvalue weighted by atomic mass is 15.2. The third-order valence-corrected chi connectivity index (χ3v) is 4.13. The molecule has 1 aliphatic heterocycles. The number of rotatable bonds is 3. The van der Waals surface area contributed by atoms with Crippen LogP contribution in [0.3, 0.4) is 0 Å². The van der Waals surface area contributed by atoms with Gasteiger partial charge in [-0.2, -0.15) is 0 Å². The largest absolute Gasteiger partial charge is 0.384 e. The van der Waals surface area contributed by atoms with E-state index < -0.39 is 0 Å². The summed E-state index contributed by atoms with van der Waals surface area (Å²) in [6, 6.07) is 1.92. The summed E-state index contributed by atoms with van der Waals surface area (Å²) in [5.41, 5.74) is 7.57. The van der Waals surface area contributed by atoms with E-state index in [2.05, 4.69) is 16.8 Å². The zero-order chi connectivity index (χ0) is 13.8. The van der Waals surface area contributed by atoms with Gasteiger partial charge in [-0.25, -0.2) is 4.98 Å². The highest BCUT2D eigenvalue weighted by molar-refractivity contribution is 6.01. The van der Waals surface area contributed by atoms with E-state index in [1.54, 1.807) is 0 Å². The maximum absolute atomic E-state index is 7.78. The van der Waals surface area contributed by atoms with Crippen LogP contribution in [0.5, 0.6) is 0 Å². The number of nitrogens with two attached hydrogens (primary N) is 1. The second kappa shape index (κ2) is 6.04. The summed E-state index contributed by atoms with van der Waals surface area (Å²) < 4.78 is 0. The highest BCUT2D eigenvalue weighted by Crippen LogP contribution is 2.26. The quantitative estimate of drug-likeness (QED) is 0.648. The van der Waals surface area contributed by atoms with E-state index in [4.69, 9.17) is 11.1 Å². The molecule has 0 saturated carbocycles. The molecule has 0 bridgehead atoms. The van der Waals surface area contributed by atoms with E-state index in [-0.39, 0.29) is 5.84 Å². The predicted octanol–water partition coefficient (Wildman–Crippen LogP) is 2.69. The second-order valence-electron chi connectivity index (χ2n) is 5.43. The van der Waals surface area contributed by atoms with Crippen LogP contribution in [0.4, 0.5) is 5.82 Å². The molecule has 0 aromatic carbocycles. The smallest absolute Gasteiger partial charge is 0.139 e. The van der Waals surface area contributed by atoms with Crippen LogP contribution in [-0.2, 0) is 0 Å². The van der Waals surface area contributed by atoms with Gasteiger partial charge in [-0.15, -0.1) is 0 Å². The third kappa shape index (κ3) is 3.06. The van der Waals surface area contributed by atoms with Crippen LogP contribution < -0.4 is 10.6 Å². The first-order valence-corrected chi connectivity index (χ1v) is 7.18. The molecule has 1 fully saturated rings. The lowest BCUT2D eigenvalue weighted by Crippen LogP contribution is -2.29. The number of amidine groups is 1. The molecule has 1 saturated heterocycles. The van der Waals surface area contributed by atoms with E-state index in [1.165, 1.54) is 25.7 Å². The predicted molar refractivity (Wildman–Crippen MR) is 79.8 cm³/mol. The van der Waals surface area contributed by atoms with Gasteiger partial charge in [0.05, 0.1) is 5.56 Å². The molecule has 1 atom stereocenters. The molecule has 1 aromatic rings. The second-order valence-corrected chi connectivity index (χ2v) is 5.43. The lowest BCUT2D eigenvalue weighted by atomic mass is 9.98. The first kappa shape index (κ1) is 13.8. The summed E-state index contributed by atoms with van der Waals surface area (Å²) in [6.07, 6.45) is 6.79. The van der Waals surface area contributed by atoms with Crippen molar-refractivity contribution >= 4 is 11.7 Å². The van der Waals surface area contributed by atoms with Crippen molar-refractivity contribution in [3.63, 3.8) is 0 Å². The average Bonchev–Trinajstić information content (AvgIpc) is 2.63. The topological polar surface area (TPSA) is 66.0 Å². The molecule has 2 heterocycles. The van der Waals surface area contributed by atoms with Crippen LogP contribution >= 0.6 is 0 Å². The Labute approximate surface area is 115 Å². The van der Waals surface area contributed by atoms with Crippen molar-refractivity contribution in [2.45, 2.75) is 39.5 Å². The number of aromatic nitrogens is 1. The Morgan fingerprint density at radius 3 is 2.95 bits per heavy atom. The number of aryl methyl sites for hydroxylation is 1. The molecule has 2 rings (SSSR count). The standard InChI is InChI=1S/C15H24N4/c1-3-12-5-4-9-19(10-7-12)15-13(14(16)17)11(2)6-8-18-15/h6,8,12H,3-5,7,9-10H2,1-2H3,(H3,16,17). The highest BCUT2D eigenvalue weighted by Gasteiger charge is 2.20. The molecule has 1 unspecified atom stereocenters. The zero-order valence-electron chi connectivity index (χ0n) is 11.9. The lowest BCUT2D eigenvalue weighted by Gasteiger charge is -2.24. The summed E-state index contributed by atoms with van der Waals surface area (Å²) in [5.74, 6) is 1.84. The lowest BCUT2D eigenvalue weighted by molar-refractivity contribution is 0.459. The van der Waals surface area contributed by atoms with Gasteiger partial charge in [0.25, 0.3) is 0 Å². The van der Waals surface area contributed by atoms with Gasteiger partial charge in [-0.05, 0) is 43.7 Å². The molecule has 1 aliphatic rings. The van der Waals surface area contributed by atoms with Crippen LogP contribution in [0.25, 0.3) is 0 Å². The molecule has 19 heavy (non-hydrogen) atoms. The Kier molecular flexibility index (Phi) is 4.40. The van der Waals surface area contributed by atoms with Crippen molar-refractivity contribution in [3.8, 4) is 0 Å². The van der Waals surface area contributed by atoms with E-state index in [0.29, 0.717) is 0 Å². The minimum atomic E-state index is 0.122. The fourth-order valence-electron chi connectivity index (χ4n) is 2.90. The van der Waals surface area contributed by atoms with E-state index >= 15 is 0 Å². The maximum Gasteiger partial charge on any atom is 0.139 e. The number of nitrogens with one attached hydrogen (secondary N) is 1. The minimum absolute atomic E-state index is 0.122. The molecular formula is C15H24N4. The summed E-state index contributed by atoms with van der Waals surface area (Å²) in [6.45, 7) is 6.31. The van der Waals surface area contributed by atoms with Gasteiger partial charge in [0.1, 0.15) is 11.7 Å². The van der Waals surface area contributed by atoms with Gasteiger partial charge < -0.3 is 10.6 Å². The van der Waals surface area contributed by atoms with Gasteiger partial charge in [0.15, 0.2) is 0 Å². The Hall–Kier alpha value is -1.58. The fourth-order valence-corrected chi connectivity index (χ4v) is 2.90. The van der Waals surface area contributed by atoms with Gasteiger partial charge in [-0.3, -0.25) is 5.41 Å². The number of pyridine rings is 1. The molecule has 4 nitrogen and oxygen atoms in total. The van der Waals surface area contributed by atoms with Gasteiger partial charge >= 0.3 is 0 Å². The maximum atomic E-state index is 7.78. The minimum Gasteiger partial charge on any atom is -0.384 e. The van der Waals surface area contributed by atoms with Crippen LogP contribution in [0.1, 0.15) is 43.7 Å². The molecule has 0 spiro atoms. The summed E-state index contributed by atoms with van der Waals surface area (Å²) in [4.78, 5) is 6.79. The van der Waals surface area contributed by atoms with Crippen LogP contribution in [0, 0.1) is 18.3 Å². The van der Waals surface area contributed by atoms with Crippen molar-refractivity contribution < 1.29 is 0 Å². The van der Waals surface area contributed by atoms with Crippen molar-refractivity contribution in [1.82, 2.24) is 4.98 Å². The third-order valence-electron chi connectivity index (χ3n) is 4.13. The summed E-state index contributed by atoms with van der Waals surface area (Å²) in [5, 5.41) is 7.78. The van der Waals surface area contributed by atoms with E-state index in [1.807, 2.05) is 19.2 Å². The number of hydrogen-bond acceptors (Lipinski definition) is 3. The molecular weight excluding hydrogens is 236 g/mol. The van der Waals surface area contributed by atoms with Crippen LogP contribution in [0.15, 0.2) is 12.3 Å². The van der Waals surface area contributed by atoms with Gasteiger partial charge in [0.2, 0.25) is 0 Å². The molecule has 0 amide bonds. The van der Waals surface area contributed by atoms with Crippen LogP contribution in [-0.4, -0.2) is 23.9 Å². The summed E-state index contributed by atoms with van der Waals surface area (Å²) >= 11 is 0. The van der Waals surface area contributed by atoms with Crippen molar-refractivity contribution in [3.05, 3.63) is 23.4 Å². The van der Waals surface area contributed by atoms with E-state index in [0.717, 1.165) is 36.0 Å². The van der Waals surface area contributed by atoms with Gasteiger partial charge in [0, 0.05) is 19.3 Å². The average molecular weight is 260 g/mol.